The van der Waals surface area contributed by atoms with Crippen LogP contribution in [0.15, 0.2) is 72.8 Å². The predicted octanol–water partition coefficient (Wildman–Crippen LogP) is 7.56. The summed E-state index contributed by atoms with van der Waals surface area (Å²) in [5.74, 6) is 0. The van der Waals surface area contributed by atoms with Gasteiger partial charge in [-0.2, -0.15) is 0 Å². The van der Waals surface area contributed by atoms with Crippen molar-refractivity contribution in [2.24, 2.45) is 0 Å². The number of rotatable bonds is 0. The van der Waals surface area contributed by atoms with E-state index in [1.165, 1.54) is 42.4 Å². The first-order chi connectivity index (χ1) is 12.8. The normalized spacial score (nSPS) is 12.0. The Morgan fingerprint density at radius 1 is 0.615 bits per heavy atom. The van der Waals surface area contributed by atoms with Crippen molar-refractivity contribution in [3.05, 3.63) is 77.9 Å². The quantitative estimate of drug-likeness (QED) is 0.199. The highest BCUT2D eigenvalue weighted by atomic mass is 35.5. The van der Waals surface area contributed by atoms with Crippen LogP contribution in [0, 0.1) is 0 Å². The molecule has 0 saturated heterocycles. The molecule has 0 fully saturated rings. The minimum Gasteiger partial charge on any atom is -0.235 e. The average Bonchev–Trinajstić information content (AvgIpc) is 3.08. The van der Waals surface area contributed by atoms with Gasteiger partial charge in [0.15, 0.2) is 0 Å². The number of nitrogens with zero attached hydrogens (tertiary/aromatic N) is 1. The Kier molecular flexibility index (Phi) is 2.88. The van der Waals surface area contributed by atoms with Crippen LogP contribution >= 0.6 is 22.9 Å². The lowest BCUT2D eigenvalue weighted by molar-refractivity contribution is 1.46. The fourth-order valence-electron chi connectivity index (χ4n) is 3.99. The van der Waals surface area contributed by atoms with Crippen molar-refractivity contribution in [3.8, 4) is 0 Å². The van der Waals surface area contributed by atoms with Crippen LogP contribution in [0.4, 0.5) is 0 Å². The van der Waals surface area contributed by atoms with Gasteiger partial charge < -0.3 is 0 Å². The largest absolute Gasteiger partial charge is 0.235 e. The van der Waals surface area contributed by atoms with Crippen LogP contribution in [-0.4, -0.2) is 4.98 Å². The van der Waals surface area contributed by atoms with Crippen LogP contribution in [0.25, 0.3) is 52.6 Å². The summed E-state index contributed by atoms with van der Waals surface area (Å²) in [5.41, 5.74) is 0.953. The second-order valence-corrected chi connectivity index (χ2v) is 7.93. The monoisotopic (exact) mass is 369 g/mol. The van der Waals surface area contributed by atoms with Gasteiger partial charge in [0.2, 0.25) is 0 Å². The molecule has 0 spiro atoms. The van der Waals surface area contributed by atoms with Gasteiger partial charge in [0.25, 0.3) is 0 Å². The molecule has 0 atom stereocenters. The van der Waals surface area contributed by atoms with E-state index < -0.39 is 0 Å². The van der Waals surface area contributed by atoms with Gasteiger partial charge in [-0.15, -0.1) is 11.3 Å². The van der Waals surface area contributed by atoms with Crippen LogP contribution < -0.4 is 0 Å². The second-order valence-electron chi connectivity index (χ2n) is 6.55. The summed E-state index contributed by atoms with van der Waals surface area (Å²) in [4.78, 5) is 4.71. The molecule has 4 aromatic carbocycles. The minimum atomic E-state index is 0.591. The summed E-state index contributed by atoms with van der Waals surface area (Å²) in [6.07, 6.45) is 0. The van der Waals surface area contributed by atoms with E-state index in [0.29, 0.717) is 5.15 Å². The Morgan fingerprint density at radius 3 is 2.15 bits per heavy atom. The molecule has 0 aliphatic carbocycles. The molecule has 3 heteroatoms. The fourth-order valence-corrected chi connectivity index (χ4v) is 5.52. The first kappa shape index (κ1) is 14.5. The Hall–Kier alpha value is -2.68. The van der Waals surface area contributed by atoms with E-state index in [1.54, 1.807) is 11.3 Å². The Bertz CT molecular complexity index is 1500. The molecular formula is C23H12ClNS. The van der Waals surface area contributed by atoms with Crippen LogP contribution in [0.5, 0.6) is 0 Å². The number of hydrogen-bond acceptors (Lipinski definition) is 2. The highest BCUT2D eigenvalue weighted by molar-refractivity contribution is 7.27. The Balaban J connectivity index is 1.98. The maximum Gasteiger partial charge on any atom is 0.147 e. The number of halogens is 1. The second kappa shape index (κ2) is 5.16. The average molecular weight is 370 g/mol. The van der Waals surface area contributed by atoms with E-state index in [-0.39, 0.29) is 0 Å². The zero-order valence-corrected chi connectivity index (χ0v) is 15.2. The molecule has 0 bridgehead atoms. The van der Waals surface area contributed by atoms with Gasteiger partial charge in [0.05, 0.1) is 10.2 Å². The van der Waals surface area contributed by atoms with E-state index in [2.05, 4.69) is 72.8 Å². The van der Waals surface area contributed by atoms with E-state index in [9.17, 15) is 0 Å². The lowest BCUT2D eigenvalue weighted by atomic mass is 9.99. The lowest BCUT2D eigenvalue weighted by Gasteiger charge is -2.06. The minimum absolute atomic E-state index is 0.591. The van der Waals surface area contributed by atoms with Gasteiger partial charge in [-0.05, 0) is 27.6 Å². The number of pyridine rings is 1. The summed E-state index contributed by atoms with van der Waals surface area (Å²) in [7, 11) is 0. The van der Waals surface area contributed by atoms with Crippen molar-refractivity contribution in [1.82, 2.24) is 4.98 Å². The summed E-state index contributed by atoms with van der Waals surface area (Å²) >= 11 is 8.36. The maximum atomic E-state index is 6.61. The zero-order chi connectivity index (χ0) is 17.3. The summed E-state index contributed by atoms with van der Waals surface area (Å²) in [5, 5.41) is 9.26. The summed E-state index contributed by atoms with van der Waals surface area (Å²) < 4.78 is 2.35. The molecule has 2 aromatic heterocycles. The van der Waals surface area contributed by atoms with E-state index >= 15 is 0 Å². The first-order valence-electron chi connectivity index (χ1n) is 8.52. The molecule has 0 aliphatic heterocycles. The third-order valence-corrected chi connectivity index (χ3v) is 6.77. The first-order valence-corrected chi connectivity index (χ1v) is 9.71. The highest BCUT2D eigenvalue weighted by Gasteiger charge is 2.16. The molecule has 0 radical (unpaired) electrons. The van der Waals surface area contributed by atoms with Crippen LogP contribution in [0.2, 0.25) is 5.15 Å². The van der Waals surface area contributed by atoms with Gasteiger partial charge in [-0.3, -0.25) is 0 Å². The van der Waals surface area contributed by atoms with Crippen molar-refractivity contribution in [2.75, 3.05) is 0 Å². The lowest BCUT2D eigenvalue weighted by Crippen LogP contribution is -1.84. The third kappa shape index (κ3) is 1.83. The van der Waals surface area contributed by atoms with Crippen LogP contribution in [0.3, 0.4) is 0 Å². The van der Waals surface area contributed by atoms with Gasteiger partial charge >= 0.3 is 0 Å². The fraction of sp³-hybridized carbons (Fsp3) is 0. The van der Waals surface area contributed by atoms with Gasteiger partial charge in [-0.25, -0.2) is 4.98 Å². The number of fused-ring (bicyclic) bond motifs is 9. The topological polar surface area (TPSA) is 12.9 Å². The number of benzene rings is 4. The molecule has 6 rings (SSSR count). The molecule has 1 nitrogen and oxygen atoms in total. The van der Waals surface area contributed by atoms with Crippen molar-refractivity contribution < 1.29 is 0 Å². The number of hydrogen-bond donors (Lipinski definition) is 0. The molecule has 2 heterocycles. The molecular weight excluding hydrogens is 358 g/mol. The standard InChI is InChI=1S/C23H12ClNS/c24-23-22-20(17-11-9-14-6-2-4-8-16(14)21(17)26-22)19-15-7-3-1-5-13(15)10-12-18(19)25-23/h1-12H. The highest BCUT2D eigenvalue weighted by Crippen LogP contribution is 2.45. The van der Waals surface area contributed by atoms with E-state index in [0.717, 1.165) is 10.2 Å². The van der Waals surface area contributed by atoms with Gasteiger partial charge in [0.1, 0.15) is 5.15 Å². The molecule has 0 N–H and O–H groups in total. The zero-order valence-electron chi connectivity index (χ0n) is 13.7. The maximum absolute atomic E-state index is 6.61. The Labute approximate surface area is 158 Å². The van der Waals surface area contributed by atoms with E-state index in [4.69, 9.17) is 16.6 Å². The smallest absolute Gasteiger partial charge is 0.147 e. The summed E-state index contributed by atoms with van der Waals surface area (Å²) in [6, 6.07) is 25.7. The molecule has 0 amide bonds. The van der Waals surface area contributed by atoms with Gasteiger partial charge in [0, 0.05) is 20.9 Å². The summed E-state index contributed by atoms with van der Waals surface area (Å²) in [6.45, 7) is 0. The van der Waals surface area contributed by atoms with Crippen molar-refractivity contribution in [3.63, 3.8) is 0 Å². The Morgan fingerprint density at radius 2 is 1.31 bits per heavy atom. The van der Waals surface area contributed by atoms with Gasteiger partial charge in [-0.1, -0.05) is 78.3 Å². The molecule has 26 heavy (non-hydrogen) atoms. The number of thiophene rings is 1. The van der Waals surface area contributed by atoms with Crippen LogP contribution in [0.1, 0.15) is 0 Å². The van der Waals surface area contributed by atoms with Crippen molar-refractivity contribution in [1.29, 1.82) is 0 Å². The predicted molar refractivity (Wildman–Crippen MR) is 115 cm³/mol. The molecule has 6 aromatic rings. The molecule has 0 saturated carbocycles. The third-order valence-electron chi connectivity index (χ3n) is 5.14. The molecule has 122 valence electrons. The molecule has 0 aliphatic rings. The van der Waals surface area contributed by atoms with E-state index in [1.807, 2.05) is 0 Å². The number of aromatic nitrogens is 1. The molecule has 0 unspecified atom stereocenters. The van der Waals surface area contributed by atoms with Crippen molar-refractivity contribution >= 4 is 75.6 Å². The van der Waals surface area contributed by atoms with Crippen molar-refractivity contribution in [2.45, 2.75) is 0 Å². The van der Waals surface area contributed by atoms with Crippen LogP contribution in [-0.2, 0) is 0 Å². The SMILES string of the molecule is Clc1nc2ccc3ccccc3c2c2c1sc1c3ccccc3ccc12.